The number of phenols is 2. The molecule has 1 saturated heterocycles. The molecule has 0 amide bonds. The first-order valence-electron chi connectivity index (χ1n) is 9.74. The Balaban J connectivity index is 1.65. The van der Waals surface area contributed by atoms with Crippen molar-refractivity contribution in [2.24, 2.45) is 0 Å². The van der Waals surface area contributed by atoms with Gasteiger partial charge in [-0.1, -0.05) is 0 Å². The van der Waals surface area contributed by atoms with Crippen LogP contribution >= 0.6 is 0 Å². The van der Waals surface area contributed by atoms with Crippen LogP contribution < -0.4 is 14.9 Å². The van der Waals surface area contributed by atoms with E-state index in [0.717, 1.165) is 0 Å². The average molecular weight is 446 g/mol. The number of hydrogen-bond donors (Lipinski definition) is 5. The Kier molecular flexibility index (Phi) is 5.70. The fourth-order valence-electron chi connectivity index (χ4n) is 3.51. The summed E-state index contributed by atoms with van der Waals surface area (Å²) in [6.45, 7) is 1.51. The molecule has 3 aromatic rings. The minimum atomic E-state index is -1.54. The molecule has 170 valence electrons. The quantitative estimate of drug-likeness (QED) is 0.393. The third kappa shape index (κ3) is 3.84. The van der Waals surface area contributed by atoms with Crippen molar-refractivity contribution in [3.05, 3.63) is 46.6 Å². The monoisotopic (exact) mass is 446 g/mol. The summed E-state index contributed by atoms with van der Waals surface area (Å²) in [5.41, 5.74) is -0.0454. The van der Waals surface area contributed by atoms with E-state index >= 15 is 0 Å². The van der Waals surface area contributed by atoms with Crippen LogP contribution in [-0.4, -0.2) is 63.3 Å². The third-order valence-electron chi connectivity index (χ3n) is 5.31. The topological polar surface area (TPSA) is 159 Å². The first kappa shape index (κ1) is 21.9. The van der Waals surface area contributed by atoms with E-state index in [1.54, 1.807) is 0 Å². The summed E-state index contributed by atoms with van der Waals surface area (Å²) < 4.78 is 21.7. The lowest BCUT2D eigenvalue weighted by molar-refractivity contribution is -0.268. The maximum absolute atomic E-state index is 12.5. The second kappa shape index (κ2) is 8.32. The lowest BCUT2D eigenvalue weighted by atomic mass is 10.00. The highest BCUT2D eigenvalue weighted by atomic mass is 16.7. The van der Waals surface area contributed by atoms with E-state index in [2.05, 4.69) is 0 Å². The van der Waals surface area contributed by atoms with Crippen LogP contribution in [0.3, 0.4) is 0 Å². The van der Waals surface area contributed by atoms with Crippen molar-refractivity contribution in [3.63, 3.8) is 0 Å². The Hall–Kier alpha value is -3.31. The Labute approximate surface area is 181 Å². The standard InChI is InChI=1S/C22H22O10/c1-9-19(26)20(27)21(28)22(30-9)32-15-4-3-10(5-12(15)23)16-8-14(25)18-13(24)6-11(29-2)7-17(18)31-16/h3-9,19-24,26-28H,1-2H3/t9-,19-,20+,21-,22-/m0/s1. The maximum atomic E-state index is 12.5. The molecule has 4 rings (SSSR count). The first-order chi connectivity index (χ1) is 15.2. The molecule has 0 aliphatic carbocycles. The number of phenolic OH excluding ortho intramolecular Hbond substituents is 2. The number of ether oxygens (including phenoxy) is 3. The van der Waals surface area contributed by atoms with Crippen molar-refractivity contribution in [2.75, 3.05) is 7.11 Å². The number of methoxy groups -OCH3 is 1. The molecule has 1 aliphatic heterocycles. The largest absolute Gasteiger partial charge is 0.507 e. The molecule has 0 saturated carbocycles. The van der Waals surface area contributed by atoms with Crippen LogP contribution in [0.25, 0.3) is 22.3 Å². The van der Waals surface area contributed by atoms with Crippen molar-refractivity contribution in [2.45, 2.75) is 37.6 Å². The smallest absolute Gasteiger partial charge is 0.229 e. The highest BCUT2D eigenvalue weighted by Crippen LogP contribution is 2.36. The number of benzene rings is 2. The van der Waals surface area contributed by atoms with Crippen LogP contribution in [0.2, 0.25) is 0 Å². The predicted molar refractivity (Wildman–Crippen MR) is 111 cm³/mol. The lowest BCUT2D eigenvalue weighted by Crippen LogP contribution is -2.58. The van der Waals surface area contributed by atoms with Crippen molar-refractivity contribution in [1.82, 2.24) is 0 Å². The van der Waals surface area contributed by atoms with E-state index in [1.165, 1.54) is 50.4 Å². The number of fused-ring (bicyclic) bond motifs is 1. The van der Waals surface area contributed by atoms with Crippen molar-refractivity contribution in [1.29, 1.82) is 0 Å². The fraction of sp³-hybridized carbons (Fsp3) is 0.318. The van der Waals surface area contributed by atoms with Gasteiger partial charge in [-0.2, -0.15) is 0 Å². The molecule has 5 N–H and O–H groups in total. The fourth-order valence-corrected chi connectivity index (χ4v) is 3.51. The van der Waals surface area contributed by atoms with Crippen molar-refractivity contribution >= 4 is 11.0 Å². The summed E-state index contributed by atoms with van der Waals surface area (Å²) in [7, 11) is 1.41. The zero-order valence-electron chi connectivity index (χ0n) is 17.1. The summed E-state index contributed by atoms with van der Waals surface area (Å²) >= 11 is 0. The molecule has 0 unspecified atom stereocenters. The average Bonchev–Trinajstić information content (AvgIpc) is 2.76. The van der Waals surface area contributed by atoms with Crippen LogP contribution in [-0.2, 0) is 4.74 Å². The van der Waals surface area contributed by atoms with Gasteiger partial charge in [0, 0.05) is 23.8 Å². The molecule has 32 heavy (non-hydrogen) atoms. The van der Waals surface area contributed by atoms with Gasteiger partial charge in [-0.15, -0.1) is 0 Å². The van der Waals surface area contributed by atoms with E-state index in [0.29, 0.717) is 11.3 Å². The van der Waals surface area contributed by atoms with Gasteiger partial charge in [-0.05, 0) is 25.1 Å². The maximum Gasteiger partial charge on any atom is 0.229 e. The van der Waals surface area contributed by atoms with E-state index in [1.807, 2.05) is 0 Å². The van der Waals surface area contributed by atoms with E-state index < -0.39 is 36.1 Å². The van der Waals surface area contributed by atoms with Gasteiger partial charge in [0.25, 0.3) is 0 Å². The molecule has 2 aromatic carbocycles. The molecule has 1 fully saturated rings. The van der Waals surface area contributed by atoms with Crippen LogP contribution in [0.15, 0.2) is 45.6 Å². The van der Waals surface area contributed by atoms with E-state index in [4.69, 9.17) is 18.6 Å². The van der Waals surface area contributed by atoms with Gasteiger partial charge in [0.1, 0.15) is 46.5 Å². The predicted octanol–water partition coefficient (Wildman–Crippen LogP) is 1.09. The molecule has 1 aromatic heterocycles. The minimum absolute atomic E-state index is 0.00275. The molecule has 10 nitrogen and oxygen atoms in total. The van der Waals surface area contributed by atoms with Gasteiger partial charge in [0.05, 0.1) is 13.2 Å². The van der Waals surface area contributed by atoms with Gasteiger partial charge >= 0.3 is 0 Å². The molecular weight excluding hydrogens is 424 g/mol. The molecule has 0 radical (unpaired) electrons. The minimum Gasteiger partial charge on any atom is -0.507 e. The summed E-state index contributed by atoms with van der Waals surface area (Å²) in [5, 5.41) is 50.2. The number of rotatable bonds is 4. The van der Waals surface area contributed by atoms with Crippen molar-refractivity contribution in [3.8, 4) is 34.3 Å². The van der Waals surface area contributed by atoms with Gasteiger partial charge in [0.15, 0.2) is 16.9 Å². The summed E-state index contributed by atoms with van der Waals surface area (Å²) in [6, 6.07) is 8.09. The lowest BCUT2D eigenvalue weighted by Gasteiger charge is -2.38. The highest BCUT2D eigenvalue weighted by molar-refractivity contribution is 5.86. The Morgan fingerprint density at radius 1 is 0.938 bits per heavy atom. The number of aliphatic hydroxyl groups excluding tert-OH is 3. The van der Waals surface area contributed by atoms with Gasteiger partial charge in [-0.3, -0.25) is 4.79 Å². The first-order valence-corrected chi connectivity index (χ1v) is 9.74. The second-order valence-electron chi connectivity index (χ2n) is 7.48. The highest BCUT2D eigenvalue weighted by Gasteiger charge is 2.43. The Morgan fingerprint density at radius 3 is 2.38 bits per heavy atom. The molecule has 2 heterocycles. The van der Waals surface area contributed by atoms with Crippen LogP contribution in [0.4, 0.5) is 0 Å². The Morgan fingerprint density at radius 2 is 1.69 bits per heavy atom. The van der Waals surface area contributed by atoms with Gasteiger partial charge in [-0.25, -0.2) is 0 Å². The summed E-state index contributed by atoms with van der Waals surface area (Å²) in [4.78, 5) is 12.5. The molecule has 0 spiro atoms. The molecule has 10 heteroatoms. The van der Waals surface area contributed by atoms with Gasteiger partial charge < -0.3 is 44.2 Å². The number of hydrogen-bond acceptors (Lipinski definition) is 10. The van der Waals surface area contributed by atoms with Crippen molar-refractivity contribution < 1.29 is 44.2 Å². The Bertz CT molecular complexity index is 1200. The van der Waals surface area contributed by atoms with Crippen LogP contribution in [0.1, 0.15) is 6.92 Å². The van der Waals surface area contributed by atoms with Gasteiger partial charge in [0.2, 0.25) is 6.29 Å². The van der Waals surface area contributed by atoms with E-state index in [9.17, 15) is 30.3 Å². The SMILES string of the molecule is COc1cc(O)c2c(=O)cc(-c3ccc(O[C@@H]4O[C@@H](C)[C@H](O)[C@@H](O)[C@@H]4O)c(O)c3)oc2c1. The summed E-state index contributed by atoms with van der Waals surface area (Å²) in [5.74, 6) is -0.259. The molecule has 0 bridgehead atoms. The van der Waals surface area contributed by atoms with E-state index in [-0.39, 0.29) is 34.0 Å². The van der Waals surface area contributed by atoms with Crippen LogP contribution in [0.5, 0.6) is 23.0 Å². The summed E-state index contributed by atoms with van der Waals surface area (Å²) in [6.07, 6.45) is -6.43. The zero-order valence-corrected chi connectivity index (χ0v) is 17.1. The molecule has 1 aliphatic rings. The zero-order chi connectivity index (χ0) is 23.2. The second-order valence-corrected chi connectivity index (χ2v) is 7.48. The molecule has 5 atom stereocenters. The number of aliphatic hydroxyl groups is 3. The molecular formula is C22H22O10. The van der Waals surface area contributed by atoms with Crippen LogP contribution in [0, 0.1) is 0 Å². The normalized spacial score (nSPS) is 25.6. The number of aromatic hydroxyl groups is 2. The third-order valence-corrected chi connectivity index (χ3v) is 5.31.